The second-order valence-electron chi connectivity index (χ2n) is 8.52. The van der Waals surface area contributed by atoms with Gasteiger partial charge in [-0.1, -0.05) is 19.3 Å². The number of hydrogen-bond acceptors (Lipinski definition) is 8. The summed E-state index contributed by atoms with van der Waals surface area (Å²) in [5.74, 6) is 1.74. The molecule has 0 aliphatic carbocycles. The molecule has 0 amide bonds. The fourth-order valence-corrected chi connectivity index (χ4v) is 4.45. The molecule has 2 fully saturated rings. The Balaban J connectivity index is 0.995. The maximum atomic E-state index is 4.37. The predicted molar refractivity (Wildman–Crippen MR) is 124 cm³/mol. The number of rotatable bonds is 10. The zero-order valence-corrected chi connectivity index (χ0v) is 18.6. The van der Waals surface area contributed by atoms with Gasteiger partial charge in [-0.2, -0.15) is 0 Å². The van der Waals surface area contributed by atoms with Crippen LogP contribution < -0.4 is 9.80 Å². The first-order valence-electron chi connectivity index (χ1n) is 11.9. The molecule has 0 N–H and O–H groups in total. The Morgan fingerprint density at radius 3 is 1.23 bits per heavy atom. The zero-order chi connectivity index (χ0) is 21.1. The second kappa shape index (κ2) is 11.9. The van der Waals surface area contributed by atoms with Gasteiger partial charge in [0.05, 0.1) is 0 Å². The Morgan fingerprint density at radius 2 is 0.839 bits per heavy atom. The van der Waals surface area contributed by atoms with Crippen molar-refractivity contribution in [3.05, 3.63) is 36.9 Å². The molecule has 0 saturated carbocycles. The van der Waals surface area contributed by atoms with E-state index in [1.54, 1.807) is 0 Å². The van der Waals surface area contributed by atoms with E-state index in [-0.39, 0.29) is 0 Å². The van der Waals surface area contributed by atoms with Crippen LogP contribution in [0.4, 0.5) is 11.9 Å². The maximum absolute atomic E-state index is 4.37. The largest absolute Gasteiger partial charge is 0.338 e. The molecule has 0 radical (unpaired) electrons. The lowest BCUT2D eigenvalue weighted by molar-refractivity contribution is 0.245. The molecule has 31 heavy (non-hydrogen) atoms. The molecule has 8 heteroatoms. The highest BCUT2D eigenvalue weighted by Crippen LogP contribution is 2.13. The van der Waals surface area contributed by atoms with Crippen molar-refractivity contribution >= 4 is 11.9 Å². The topological polar surface area (TPSA) is 64.5 Å². The quantitative estimate of drug-likeness (QED) is 0.538. The molecule has 0 atom stereocenters. The van der Waals surface area contributed by atoms with Gasteiger partial charge in [0.1, 0.15) is 0 Å². The van der Waals surface area contributed by atoms with Crippen LogP contribution in [0.15, 0.2) is 36.9 Å². The van der Waals surface area contributed by atoms with E-state index in [0.717, 1.165) is 64.3 Å². The Labute approximate surface area is 186 Å². The summed E-state index contributed by atoms with van der Waals surface area (Å²) in [5, 5.41) is 0. The maximum Gasteiger partial charge on any atom is 0.225 e. The lowest BCUT2D eigenvalue weighted by Gasteiger charge is -2.34. The van der Waals surface area contributed by atoms with Gasteiger partial charge in [0, 0.05) is 77.1 Å². The van der Waals surface area contributed by atoms with Gasteiger partial charge in [-0.05, 0) is 38.1 Å². The molecule has 8 nitrogen and oxygen atoms in total. The third kappa shape index (κ3) is 6.83. The first-order chi connectivity index (χ1) is 15.4. The third-order valence-corrected chi connectivity index (χ3v) is 6.36. The molecule has 4 rings (SSSR count). The Morgan fingerprint density at radius 1 is 0.484 bits per heavy atom. The molecule has 2 saturated heterocycles. The first-order valence-corrected chi connectivity index (χ1v) is 11.9. The fourth-order valence-electron chi connectivity index (χ4n) is 4.45. The number of anilines is 2. The standard InChI is InChI=1S/C23H36N8/c1(2-4-12-28-14-18-30(19-15-28)22-24-8-6-9-25-22)3-5-13-29-16-20-31(21-17-29)23-26-10-7-11-27-23/h6-11H,1-5,12-21H2. The van der Waals surface area contributed by atoms with Crippen LogP contribution in [0.3, 0.4) is 0 Å². The fraction of sp³-hybridized carbons (Fsp3) is 0.652. The molecule has 2 aromatic rings. The van der Waals surface area contributed by atoms with Crippen molar-refractivity contribution in [3.63, 3.8) is 0 Å². The second-order valence-corrected chi connectivity index (χ2v) is 8.52. The van der Waals surface area contributed by atoms with E-state index in [0.29, 0.717) is 0 Å². The molecule has 168 valence electrons. The first kappa shape index (κ1) is 21.9. The molecule has 0 unspecified atom stereocenters. The monoisotopic (exact) mass is 424 g/mol. The Kier molecular flexibility index (Phi) is 8.41. The van der Waals surface area contributed by atoms with Gasteiger partial charge in [-0.15, -0.1) is 0 Å². The van der Waals surface area contributed by atoms with Gasteiger partial charge < -0.3 is 9.80 Å². The Hall–Kier alpha value is -2.32. The van der Waals surface area contributed by atoms with Crippen LogP contribution in [-0.4, -0.2) is 95.2 Å². The molecule has 4 heterocycles. The lowest BCUT2D eigenvalue weighted by Crippen LogP contribution is -2.47. The van der Waals surface area contributed by atoms with E-state index in [2.05, 4.69) is 39.5 Å². The van der Waals surface area contributed by atoms with Gasteiger partial charge in [0.25, 0.3) is 0 Å². The summed E-state index contributed by atoms with van der Waals surface area (Å²) >= 11 is 0. The normalized spacial score (nSPS) is 18.5. The van der Waals surface area contributed by atoms with Crippen molar-refractivity contribution in [2.45, 2.75) is 32.1 Å². The summed E-state index contributed by atoms with van der Waals surface area (Å²) in [4.78, 5) is 27.2. The molecule has 0 aromatic carbocycles. The van der Waals surface area contributed by atoms with E-state index >= 15 is 0 Å². The molecular formula is C23H36N8. The van der Waals surface area contributed by atoms with E-state index in [1.807, 2.05) is 36.9 Å². The molecule has 2 aliphatic heterocycles. The van der Waals surface area contributed by atoms with Crippen molar-refractivity contribution < 1.29 is 0 Å². The number of aromatic nitrogens is 4. The molecule has 2 aromatic heterocycles. The van der Waals surface area contributed by atoms with Crippen molar-refractivity contribution in [1.82, 2.24) is 29.7 Å². The lowest BCUT2D eigenvalue weighted by atomic mass is 10.1. The minimum atomic E-state index is 0.872. The van der Waals surface area contributed by atoms with Crippen LogP contribution in [0.5, 0.6) is 0 Å². The van der Waals surface area contributed by atoms with Crippen molar-refractivity contribution in [2.75, 3.05) is 75.2 Å². The van der Waals surface area contributed by atoms with E-state index < -0.39 is 0 Å². The van der Waals surface area contributed by atoms with E-state index in [1.165, 1.54) is 45.2 Å². The summed E-state index contributed by atoms with van der Waals surface area (Å²) in [6, 6.07) is 3.75. The van der Waals surface area contributed by atoms with Crippen LogP contribution in [0.1, 0.15) is 32.1 Å². The average molecular weight is 425 g/mol. The molecule has 0 spiro atoms. The minimum absolute atomic E-state index is 0.872. The highest BCUT2D eigenvalue weighted by Gasteiger charge is 2.19. The molecule has 0 bridgehead atoms. The van der Waals surface area contributed by atoms with Gasteiger partial charge in [-0.3, -0.25) is 9.80 Å². The van der Waals surface area contributed by atoms with Crippen LogP contribution in [-0.2, 0) is 0 Å². The SMILES string of the molecule is c1cnc(N2CCN(CCCCCCCN3CCN(c4ncccn4)CC3)CC2)nc1. The number of unbranched alkanes of at least 4 members (excludes halogenated alkanes) is 4. The van der Waals surface area contributed by atoms with Crippen LogP contribution in [0, 0.1) is 0 Å². The summed E-state index contributed by atoms with van der Waals surface area (Å²) < 4.78 is 0. The highest BCUT2D eigenvalue weighted by molar-refractivity contribution is 5.29. The van der Waals surface area contributed by atoms with Crippen LogP contribution in [0.2, 0.25) is 0 Å². The summed E-state index contributed by atoms with van der Waals surface area (Å²) in [5.41, 5.74) is 0. The van der Waals surface area contributed by atoms with Gasteiger partial charge in [0.15, 0.2) is 0 Å². The van der Waals surface area contributed by atoms with Gasteiger partial charge in [-0.25, -0.2) is 19.9 Å². The average Bonchev–Trinajstić information content (AvgIpc) is 2.85. The van der Waals surface area contributed by atoms with Crippen molar-refractivity contribution in [3.8, 4) is 0 Å². The highest BCUT2D eigenvalue weighted by atomic mass is 15.3. The minimum Gasteiger partial charge on any atom is -0.338 e. The Bertz CT molecular complexity index is 664. The van der Waals surface area contributed by atoms with Crippen LogP contribution in [0.25, 0.3) is 0 Å². The summed E-state index contributed by atoms with van der Waals surface area (Å²) in [6.45, 7) is 11.1. The number of nitrogens with zero attached hydrogens (tertiary/aromatic N) is 8. The number of hydrogen-bond donors (Lipinski definition) is 0. The summed E-state index contributed by atoms with van der Waals surface area (Å²) in [6.07, 6.45) is 14.0. The molecular weight excluding hydrogens is 388 g/mol. The smallest absolute Gasteiger partial charge is 0.225 e. The zero-order valence-electron chi connectivity index (χ0n) is 18.6. The predicted octanol–water partition coefficient (Wildman–Crippen LogP) is 2.16. The van der Waals surface area contributed by atoms with Gasteiger partial charge >= 0.3 is 0 Å². The van der Waals surface area contributed by atoms with Crippen LogP contribution >= 0.6 is 0 Å². The van der Waals surface area contributed by atoms with E-state index in [9.17, 15) is 0 Å². The van der Waals surface area contributed by atoms with Crippen molar-refractivity contribution in [2.24, 2.45) is 0 Å². The molecule has 2 aliphatic rings. The van der Waals surface area contributed by atoms with Crippen molar-refractivity contribution in [1.29, 1.82) is 0 Å². The van der Waals surface area contributed by atoms with E-state index in [4.69, 9.17) is 0 Å². The third-order valence-electron chi connectivity index (χ3n) is 6.36. The van der Waals surface area contributed by atoms with Gasteiger partial charge in [0.2, 0.25) is 11.9 Å². The number of piperazine rings is 2. The summed E-state index contributed by atoms with van der Waals surface area (Å²) in [7, 11) is 0.